The molecule has 0 saturated heterocycles. The summed E-state index contributed by atoms with van der Waals surface area (Å²) < 4.78 is 12.4. The van der Waals surface area contributed by atoms with Crippen LogP contribution >= 0.6 is 0 Å². The minimum atomic E-state index is -1.18. The molecule has 4 rings (SSSR count). The highest BCUT2D eigenvalue weighted by molar-refractivity contribution is 5.30. The predicted molar refractivity (Wildman–Crippen MR) is 134 cm³/mol. The average molecular weight is 464 g/mol. The third kappa shape index (κ3) is 5.89. The van der Waals surface area contributed by atoms with Crippen LogP contribution in [0.15, 0.2) is 71.3 Å². The Hall–Kier alpha value is -2.63. The van der Waals surface area contributed by atoms with E-state index in [0.29, 0.717) is 12.4 Å². The number of aromatic nitrogens is 1. The van der Waals surface area contributed by atoms with Gasteiger partial charge in [-0.1, -0.05) is 67.8 Å². The number of quaternary nitrogens is 1. The Morgan fingerprint density at radius 3 is 2.32 bits per heavy atom. The van der Waals surface area contributed by atoms with E-state index < -0.39 is 5.60 Å². The van der Waals surface area contributed by atoms with Crippen molar-refractivity contribution in [1.82, 2.24) is 4.98 Å². The maximum Gasteiger partial charge on any atom is 0.231 e. The molecule has 2 unspecified atom stereocenters. The summed E-state index contributed by atoms with van der Waals surface area (Å²) in [5.74, 6) is 2.25. The van der Waals surface area contributed by atoms with Crippen molar-refractivity contribution in [3.8, 4) is 5.75 Å². The van der Waals surface area contributed by atoms with Crippen molar-refractivity contribution in [3.05, 3.63) is 84.1 Å². The summed E-state index contributed by atoms with van der Waals surface area (Å²) in [5, 5.41) is 12.0. The number of aliphatic hydroxyl groups is 1. The van der Waals surface area contributed by atoms with Gasteiger partial charge in [0.05, 0.1) is 19.8 Å². The third-order valence-corrected chi connectivity index (χ3v) is 7.06. The molecule has 2 atom stereocenters. The first-order chi connectivity index (χ1) is 16.4. The zero-order chi connectivity index (χ0) is 24.0. The van der Waals surface area contributed by atoms with Crippen molar-refractivity contribution in [1.29, 1.82) is 0 Å². The lowest BCUT2D eigenvalue weighted by molar-refractivity contribution is -0.895. The van der Waals surface area contributed by atoms with Crippen molar-refractivity contribution >= 4 is 0 Å². The summed E-state index contributed by atoms with van der Waals surface area (Å²) in [6.45, 7) is 5.90. The van der Waals surface area contributed by atoms with Crippen LogP contribution in [-0.2, 0) is 12.1 Å². The fraction of sp³-hybridized carbons (Fsp3) is 0.483. The zero-order valence-electron chi connectivity index (χ0n) is 20.8. The van der Waals surface area contributed by atoms with Crippen LogP contribution in [0.25, 0.3) is 0 Å². The van der Waals surface area contributed by atoms with E-state index in [9.17, 15) is 5.11 Å². The number of para-hydroxylation sites is 1. The van der Waals surface area contributed by atoms with Gasteiger partial charge in [-0.2, -0.15) is 0 Å². The zero-order valence-corrected chi connectivity index (χ0v) is 20.8. The van der Waals surface area contributed by atoms with Crippen molar-refractivity contribution in [2.75, 3.05) is 13.6 Å². The van der Waals surface area contributed by atoms with E-state index in [1.165, 1.54) is 11.3 Å². The summed E-state index contributed by atoms with van der Waals surface area (Å²) >= 11 is 0. The second-order valence-corrected chi connectivity index (χ2v) is 10.4. The van der Waals surface area contributed by atoms with E-state index in [4.69, 9.17) is 9.15 Å². The van der Waals surface area contributed by atoms with E-state index in [2.05, 4.69) is 25.9 Å². The maximum atomic E-state index is 12.0. The van der Waals surface area contributed by atoms with Crippen LogP contribution in [-0.4, -0.2) is 29.3 Å². The number of ether oxygens (including phenoxy) is 1. The van der Waals surface area contributed by atoms with Crippen LogP contribution in [0, 0.1) is 5.92 Å². The number of nitrogens with one attached hydrogen (secondary N) is 1. The van der Waals surface area contributed by atoms with Gasteiger partial charge >= 0.3 is 0 Å². The summed E-state index contributed by atoms with van der Waals surface area (Å²) in [4.78, 5) is 5.92. The Kier molecular flexibility index (Phi) is 7.74. The normalized spacial score (nSPS) is 17.8. The molecule has 182 valence electrons. The largest absolute Gasteiger partial charge is 0.488 e. The first-order valence-electron chi connectivity index (χ1n) is 12.7. The molecule has 34 heavy (non-hydrogen) atoms. The first-order valence-corrected chi connectivity index (χ1v) is 12.7. The number of hydrogen-bond donors (Lipinski definition) is 2. The van der Waals surface area contributed by atoms with Crippen molar-refractivity contribution in [2.24, 2.45) is 5.92 Å². The number of oxazole rings is 1. The third-order valence-electron chi connectivity index (χ3n) is 7.06. The van der Waals surface area contributed by atoms with Gasteiger partial charge in [-0.25, -0.2) is 4.98 Å². The molecule has 2 N–H and O–H groups in total. The highest BCUT2D eigenvalue weighted by Crippen LogP contribution is 2.43. The molecule has 0 amide bonds. The summed E-state index contributed by atoms with van der Waals surface area (Å²) in [7, 11) is 2.16. The van der Waals surface area contributed by atoms with Crippen LogP contribution < -0.4 is 9.64 Å². The van der Waals surface area contributed by atoms with Crippen LogP contribution in [0.3, 0.4) is 0 Å². The second kappa shape index (κ2) is 10.7. The van der Waals surface area contributed by atoms with Gasteiger partial charge in [-0.15, -0.1) is 0 Å². The van der Waals surface area contributed by atoms with Crippen molar-refractivity contribution in [3.63, 3.8) is 0 Å². The highest BCUT2D eigenvalue weighted by atomic mass is 16.5. The van der Waals surface area contributed by atoms with E-state index >= 15 is 0 Å². The number of hydrogen-bond acceptors (Lipinski definition) is 4. The Balaban J connectivity index is 1.42. The quantitative estimate of drug-likeness (QED) is 0.455. The molecule has 1 aromatic heterocycles. The standard InChI is InChI=1S/C29H38N2O3/c1-28(2,34-25-17-11-6-12-18-25)19-20-31(3)22-26-21-30-27(33-26)29(32,23-13-7-4-8-14-23)24-15-9-5-10-16-24/h4,6-8,11-14,17-18,21,24,32H,5,9-10,15-16,19-20,22H2,1-3H3/p+1. The van der Waals surface area contributed by atoms with Crippen molar-refractivity contribution in [2.45, 2.75) is 70.1 Å². The van der Waals surface area contributed by atoms with Gasteiger partial charge in [0.15, 0.2) is 11.4 Å². The topological polar surface area (TPSA) is 59.9 Å². The minimum absolute atomic E-state index is 0.121. The van der Waals surface area contributed by atoms with E-state index in [-0.39, 0.29) is 11.5 Å². The Morgan fingerprint density at radius 1 is 1.00 bits per heavy atom. The summed E-state index contributed by atoms with van der Waals surface area (Å²) in [6.07, 6.45) is 8.19. The molecule has 0 spiro atoms. The van der Waals surface area contributed by atoms with Crippen molar-refractivity contribution < 1.29 is 19.2 Å². The molecular weight excluding hydrogens is 424 g/mol. The lowest BCUT2D eigenvalue weighted by atomic mass is 9.73. The maximum absolute atomic E-state index is 12.0. The van der Waals surface area contributed by atoms with Crippen LogP contribution in [0.5, 0.6) is 5.75 Å². The molecule has 1 aliphatic rings. The van der Waals surface area contributed by atoms with Crippen LogP contribution in [0.4, 0.5) is 0 Å². The Bertz CT molecular complexity index is 1010. The van der Waals surface area contributed by atoms with Gasteiger partial charge in [0.25, 0.3) is 0 Å². The molecule has 3 aromatic rings. The fourth-order valence-electron chi connectivity index (χ4n) is 5.07. The second-order valence-electron chi connectivity index (χ2n) is 10.4. The smallest absolute Gasteiger partial charge is 0.231 e. The molecular formula is C29H39N2O3+. The molecule has 1 fully saturated rings. The van der Waals surface area contributed by atoms with E-state index in [1.807, 2.05) is 60.7 Å². The molecule has 1 saturated carbocycles. The molecule has 5 nitrogen and oxygen atoms in total. The van der Waals surface area contributed by atoms with E-state index in [1.54, 1.807) is 6.20 Å². The molecule has 0 radical (unpaired) electrons. The monoisotopic (exact) mass is 463 g/mol. The average Bonchev–Trinajstić information content (AvgIpc) is 3.33. The Labute approximate surface area is 203 Å². The Morgan fingerprint density at radius 2 is 1.65 bits per heavy atom. The van der Waals surface area contributed by atoms with Gasteiger partial charge in [0, 0.05) is 12.3 Å². The molecule has 1 heterocycles. The van der Waals surface area contributed by atoms with Gasteiger partial charge in [-0.3, -0.25) is 0 Å². The molecule has 1 aliphatic carbocycles. The van der Waals surface area contributed by atoms with Gasteiger partial charge in [0.2, 0.25) is 5.89 Å². The molecule has 0 bridgehead atoms. The lowest BCUT2D eigenvalue weighted by Crippen LogP contribution is -3.07. The molecule has 0 aliphatic heterocycles. The number of benzene rings is 2. The summed E-state index contributed by atoms with van der Waals surface area (Å²) in [5.41, 5.74) is -0.570. The predicted octanol–water partition coefficient (Wildman–Crippen LogP) is 4.75. The highest BCUT2D eigenvalue weighted by Gasteiger charge is 2.44. The fourth-order valence-corrected chi connectivity index (χ4v) is 5.07. The van der Waals surface area contributed by atoms with Crippen LogP contribution in [0.1, 0.15) is 69.6 Å². The van der Waals surface area contributed by atoms with Crippen LogP contribution in [0.2, 0.25) is 0 Å². The summed E-state index contributed by atoms with van der Waals surface area (Å²) in [6, 6.07) is 19.9. The van der Waals surface area contributed by atoms with E-state index in [0.717, 1.165) is 55.7 Å². The van der Waals surface area contributed by atoms with Gasteiger partial charge in [0.1, 0.15) is 17.9 Å². The van der Waals surface area contributed by atoms with Gasteiger partial charge in [-0.05, 0) is 44.4 Å². The molecule has 2 aromatic carbocycles. The minimum Gasteiger partial charge on any atom is -0.488 e. The number of rotatable bonds is 10. The molecule has 5 heteroatoms. The lowest BCUT2D eigenvalue weighted by Gasteiger charge is -2.36. The number of nitrogens with zero attached hydrogens (tertiary/aromatic N) is 1. The van der Waals surface area contributed by atoms with Gasteiger partial charge < -0.3 is 19.2 Å². The SMILES string of the molecule is C[NH+](CCC(C)(C)Oc1ccccc1)Cc1cnc(C(O)(c2ccccc2)C2CCCCC2)o1. The first kappa shape index (κ1) is 24.5.